The Morgan fingerprint density at radius 3 is 2.53 bits per heavy atom. The van der Waals surface area contributed by atoms with E-state index < -0.39 is 0 Å². The molecule has 0 aliphatic rings. The topological polar surface area (TPSA) is 0 Å². The van der Waals surface area contributed by atoms with Crippen LogP contribution in [0.2, 0.25) is 0 Å². The summed E-state index contributed by atoms with van der Waals surface area (Å²) < 4.78 is 13.4. The summed E-state index contributed by atoms with van der Waals surface area (Å²) in [6, 6.07) is 7.06. The highest BCUT2D eigenvalue weighted by atomic mass is 79.9. The van der Waals surface area contributed by atoms with Gasteiger partial charge in [-0.1, -0.05) is 73.2 Å². The molecule has 0 heterocycles. The average Bonchev–Trinajstić information content (AvgIpc) is 2.32. The van der Waals surface area contributed by atoms with Crippen LogP contribution in [-0.4, -0.2) is 4.83 Å². The lowest BCUT2D eigenvalue weighted by atomic mass is 10.0. The lowest BCUT2D eigenvalue weighted by Gasteiger charge is -2.10. The van der Waals surface area contributed by atoms with Crippen molar-refractivity contribution in [3.8, 4) is 0 Å². The van der Waals surface area contributed by atoms with Crippen LogP contribution < -0.4 is 0 Å². The third-order valence-corrected chi connectivity index (χ3v) is 3.80. The van der Waals surface area contributed by atoms with E-state index in [1.807, 2.05) is 12.1 Å². The molecule has 0 N–H and O–H groups in total. The van der Waals surface area contributed by atoms with Gasteiger partial charge in [0.1, 0.15) is 5.82 Å². The number of hydrogen-bond donors (Lipinski definition) is 0. The molecule has 1 aromatic carbocycles. The fourth-order valence-corrected chi connectivity index (χ4v) is 2.65. The SMILES string of the molecule is CCCCCCCC(Br)Cc1ccccc1F. The van der Waals surface area contributed by atoms with E-state index in [9.17, 15) is 4.39 Å². The molecule has 0 bridgehead atoms. The molecule has 1 aromatic rings. The molecule has 0 spiro atoms. The van der Waals surface area contributed by atoms with E-state index in [1.54, 1.807) is 6.07 Å². The first-order valence-electron chi connectivity index (χ1n) is 6.61. The van der Waals surface area contributed by atoms with E-state index in [1.165, 1.54) is 38.2 Å². The molecule has 2 heteroatoms. The highest BCUT2D eigenvalue weighted by Gasteiger charge is 2.08. The zero-order valence-electron chi connectivity index (χ0n) is 10.6. The van der Waals surface area contributed by atoms with Crippen molar-refractivity contribution in [2.24, 2.45) is 0 Å². The van der Waals surface area contributed by atoms with Crippen LogP contribution in [0.3, 0.4) is 0 Å². The van der Waals surface area contributed by atoms with Crippen LogP contribution in [0.1, 0.15) is 51.0 Å². The number of unbranched alkanes of at least 4 members (excludes halogenated alkanes) is 4. The monoisotopic (exact) mass is 300 g/mol. The van der Waals surface area contributed by atoms with E-state index in [0.29, 0.717) is 4.83 Å². The van der Waals surface area contributed by atoms with Gasteiger partial charge in [0.25, 0.3) is 0 Å². The number of hydrogen-bond acceptors (Lipinski definition) is 0. The Labute approximate surface area is 113 Å². The predicted octanol–water partition coefficient (Wildman–Crippen LogP) is 5.49. The minimum Gasteiger partial charge on any atom is -0.207 e. The van der Waals surface area contributed by atoms with Gasteiger partial charge in [0.2, 0.25) is 0 Å². The molecule has 0 aromatic heterocycles. The van der Waals surface area contributed by atoms with Gasteiger partial charge in [-0.25, -0.2) is 4.39 Å². The molecular weight excluding hydrogens is 279 g/mol. The maximum atomic E-state index is 13.4. The molecule has 17 heavy (non-hydrogen) atoms. The summed E-state index contributed by atoms with van der Waals surface area (Å²) in [5, 5.41) is 0. The molecule has 0 saturated heterocycles. The molecule has 0 radical (unpaired) electrons. The number of rotatable bonds is 8. The molecule has 0 fully saturated rings. The van der Waals surface area contributed by atoms with Gasteiger partial charge < -0.3 is 0 Å². The highest BCUT2D eigenvalue weighted by Crippen LogP contribution is 2.19. The molecule has 0 saturated carbocycles. The summed E-state index contributed by atoms with van der Waals surface area (Å²) in [5.74, 6) is -0.0806. The van der Waals surface area contributed by atoms with Crippen LogP contribution in [0.15, 0.2) is 24.3 Å². The van der Waals surface area contributed by atoms with Gasteiger partial charge >= 0.3 is 0 Å². The summed E-state index contributed by atoms with van der Waals surface area (Å²) in [6.07, 6.45) is 8.42. The average molecular weight is 301 g/mol. The molecule has 96 valence electrons. The number of halogens is 2. The lowest BCUT2D eigenvalue weighted by Crippen LogP contribution is -2.04. The Balaban J connectivity index is 2.21. The lowest BCUT2D eigenvalue weighted by molar-refractivity contribution is 0.581. The van der Waals surface area contributed by atoms with Gasteiger partial charge in [0, 0.05) is 4.83 Å². The normalized spacial score (nSPS) is 12.6. The van der Waals surface area contributed by atoms with E-state index >= 15 is 0 Å². The zero-order chi connectivity index (χ0) is 12.5. The first kappa shape index (κ1) is 14.7. The molecule has 1 atom stereocenters. The van der Waals surface area contributed by atoms with Crippen molar-refractivity contribution in [2.75, 3.05) is 0 Å². The second-order valence-electron chi connectivity index (χ2n) is 4.60. The smallest absolute Gasteiger partial charge is 0.126 e. The van der Waals surface area contributed by atoms with E-state index in [2.05, 4.69) is 22.9 Å². The van der Waals surface area contributed by atoms with Crippen molar-refractivity contribution >= 4 is 15.9 Å². The van der Waals surface area contributed by atoms with Gasteiger partial charge in [-0.3, -0.25) is 0 Å². The van der Waals surface area contributed by atoms with Crippen molar-refractivity contribution in [2.45, 2.75) is 56.7 Å². The van der Waals surface area contributed by atoms with Crippen molar-refractivity contribution in [3.63, 3.8) is 0 Å². The summed E-state index contributed by atoms with van der Waals surface area (Å²) in [4.78, 5) is 0.404. The van der Waals surface area contributed by atoms with Crippen molar-refractivity contribution in [1.29, 1.82) is 0 Å². The second kappa shape index (κ2) is 8.68. The molecule has 1 unspecified atom stereocenters. The molecular formula is C15H22BrF. The molecule has 1 rings (SSSR count). The van der Waals surface area contributed by atoms with Gasteiger partial charge in [-0.05, 0) is 24.5 Å². The summed E-state index contributed by atoms with van der Waals surface area (Å²) in [7, 11) is 0. The van der Waals surface area contributed by atoms with E-state index in [-0.39, 0.29) is 5.82 Å². The summed E-state index contributed by atoms with van der Waals surface area (Å²) in [5.41, 5.74) is 0.822. The maximum Gasteiger partial charge on any atom is 0.126 e. The summed E-state index contributed by atoms with van der Waals surface area (Å²) >= 11 is 3.65. The standard InChI is InChI=1S/C15H22BrF/c1-2-3-4-5-6-10-14(16)12-13-9-7-8-11-15(13)17/h7-9,11,14H,2-6,10,12H2,1H3. The van der Waals surface area contributed by atoms with Crippen molar-refractivity contribution < 1.29 is 4.39 Å². The van der Waals surface area contributed by atoms with Gasteiger partial charge in [-0.2, -0.15) is 0 Å². The second-order valence-corrected chi connectivity index (χ2v) is 5.89. The number of alkyl halides is 1. The fraction of sp³-hybridized carbons (Fsp3) is 0.600. The highest BCUT2D eigenvalue weighted by molar-refractivity contribution is 9.09. The van der Waals surface area contributed by atoms with E-state index in [0.717, 1.165) is 18.4 Å². The van der Waals surface area contributed by atoms with Gasteiger partial charge in [-0.15, -0.1) is 0 Å². The quantitative estimate of drug-likeness (QED) is 0.440. The van der Waals surface area contributed by atoms with Gasteiger partial charge in [0.05, 0.1) is 0 Å². The Morgan fingerprint density at radius 2 is 1.82 bits per heavy atom. The van der Waals surface area contributed by atoms with Crippen LogP contribution in [0.4, 0.5) is 4.39 Å². The Bertz CT molecular complexity index is 312. The maximum absolute atomic E-state index is 13.4. The fourth-order valence-electron chi connectivity index (χ4n) is 1.97. The van der Waals surface area contributed by atoms with Crippen LogP contribution in [0, 0.1) is 5.82 Å². The minimum atomic E-state index is -0.0806. The molecule has 0 amide bonds. The van der Waals surface area contributed by atoms with Crippen LogP contribution in [0.25, 0.3) is 0 Å². The minimum absolute atomic E-state index is 0.0806. The third-order valence-electron chi connectivity index (χ3n) is 3.02. The number of benzene rings is 1. The Kier molecular flexibility index (Phi) is 7.50. The van der Waals surface area contributed by atoms with Crippen LogP contribution in [0.5, 0.6) is 0 Å². The predicted molar refractivity (Wildman–Crippen MR) is 76.2 cm³/mol. The summed E-state index contributed by atoms with van der Waals surface area (Å²) in [6.45, 7) is 2.23. The van der Waals surface area contributed by atoms with Crippen LogP contribution in [-0.2, 0) is 6.42 Å². The Morgan fingerprint density at radius 1 is 1.12 bits per heavy atom. The zero-order valence-corrected chi connectivity index (χ0v) is 12.2. The first-order chi connectivity index (χ1) is 8.24. The third kappa shape index (κ3) is 6.21. The van der Waals surface area contributed by atoms with Crippen molar-refractivity contribution in [1.82, 2.24) is 0 Å². The Hall–Kier alpha value is -0.370. The van der Waals surface area contributed by atoms with Crippen LogP contribution >= 0.6 is 15.9 Å². The van der Waals surface area contributed by atoms with Gasteiger partial charge in [0.15, 0.2) is 0 Å². The molecule has 0 aliphatic heterocycles. The first-order valence-corrected chi connectivity index (χ1v) is 7.53. The largest absolute Gasteiger partial charge is 0.207 e. The molecule has 0 nitrogen and oxygen atoms in total. The van der Waals surface area contributed by atoms with Crippen molar-refractivity contribution in [3.05, 3.63) is 35.6 Å². The van der Waals surface area contributed by atoms with E-state index in [4.69, 9.17) is 0 Å². The molecule has 0 aliphatic carbocycles.